The molecule has 2 N–H and O–H groups in total. The molecule has 0 aliphatic carbocycles. The number of anilines is 1. The summed E-state index contributed by atoms with van der Waals surface area (Å²) < 4.78 is 11.9. The molecule has 3 fully saturated rings. The molecule has 168 valence electrons. The number of hydrogen-bond acceptors (Lipinski definition) is 7. The Morgan fingerprint density at radius 2 is 2.09 bits per heavy atom. The van der Waals surface area contributed by atoms with Crippen LogP contribution in [0.5, 0.6) is 17.5 Å². The smallest absolute Gasteiger partial charge is 0.318 e. The second-order valence-corrected chi connectivity index (χ2v) is 9.18. The Labute approximate surface area is 196 Å². The first kappa shape index (κ1) is 19.4. The highest BCUT2D eigenvalue weighted by Gasteiger charge is 2.46. The molecule has 3 unspecified atom stereocenters. The van der Waals surface area contributed by atoms with Gasteiger partial charge in [0, 0.05) is 29.6 Å². The number of fused-ring (bicyclic) bond motifs is 1. The van der Waals surface area contributed by atoms with Crippen molar-refractivity contribution in [3.63, 3.8) is 0 Å². The Kier molecular flexibility index (Phi) is 4.00. The minimum atomic E-state index is 0.174. The number of benzene rings is 3. The highest BCUT2D eigenvalue weighted by molar-refractivity contribution is 6.05. The Bertz CT molecular complexity index is 1540. The van der Waals surface area contributed by atoms with Gasteiger partial charge in [-0.15, -0.1) is 6.42 Å². The summed E-state index contributed by atoms with van der Waals surface area (Å²) in [5.74, 6) is 4.54. The molecule has 8 rings (SSSR count). The molecule has 4 aromatic rings. The van der Waals surface area contributed by atoms with Crippen LogP contribution in [0.4, 0.5) is 5.82 Å². The number of ether oxygens (including phenoxy) is 2. The minimum Gasteiger partial charge on any atom is -0.508 e. The maximum absolute atomic E-state index is 10.5. The van der Waals surface area contributed by atoms with E-state index < -0.39 is 0 Å². The van der Waals surface area contributed by atoms with Crippen LogP contribution >= 0.6 is 0 Å². The van der Waals surface area contributed by atoms with Gasteiger partial charge in [-0.25, -0.2) is 0 Å². The van der Waals surface area contributed by atoms with Crippen LogP contribution in [0.2, 0.25) is 0 Å². The summed E-state index contributed by atoms with van der Waals surface area (Å²) in [5.41, 5.74) is 3.19. The molecule has 34 heavy (non-hydrogen) atoms. The van der Waals surface area contributed by atoms with E-state index in [1.165, 1.54) is 0 Å². The fraction of sp³-hybridized carbons (Fsp3) is 0.259. The van der Waals surface area contributed by atoms with Gasteiger partial charge in [-0.05, 0) is 53.3 Å². The van der Waals surface area contributed by atoms with E-state index in [1.807, 2.05) is 30.3 Å². The van der Waals surface area contributed by atoms with Crippen molar-refractivity contribution in [3.8, 4) is 41.0 Å². The van der Waals surface area contributed by atoms with Crippen LogP contribution in [0.25, 0.3) is 32.8 Å². The molecule has 4 aliphatic rings. The second kappa shape index (κ2) is 6.99. The summed E-state index contributed by atoms with van der Waals surface area (Å²) in [6, 6.07) is 14.6. The van der Waals surface area contributed by atoms with E-state index in [1.54, 1.807) is 19.2 Å². The zero-order valence-corrected chi connectivity index (χ0v) is 18.6. The molecule has 7 heteroatoms. The summed E-state index contributed by atoms with van der Waals surface area (Å²) in [7, 11) is 1.58. The first-order valence-electron chi connectivity index (χ1n) is 11.4. The maximum atomic E-state index is 10.5. The van der Waals surface area contributed by atoms with Crippen LogP contribution in [0.15, 0.2) is 42.5 Å². The average molecular weight is 450 g/mol. The van der Waals surface area contributed by atoms with Crippen LogP contribution in [0.3, 0.4) is 0 Å². The van der Waals surface area contributed by atoms with Crippen LogP contribution < -0.4 is 19.7 Å². The molecule has 3 aromatic carbocycles. The van der Waals surface area contributed by atoms with E-state index in [0.29, 0.717) is 24.7 Å². The Morgan fingerprint density at radius 3 is 2.91 bits per heavy atom. The molecule has 3 saturated heterocycles. The molecule has 0 spiro atoms. The van der Waals surface area contributed by atoms with Gasteiger partial charge in [-0.1, -0.05) is 18.1 Å². The van der Waals surface area contributed by atoms with E-state index in [-0.39, 0.29) is 11.8 Å². The number of nitrogens with zero attached hydrogens (tertiary/aromatic N) is 3. The molecule has 4 aliphatic heterocycles. The molecule has 5 heterocycles. The van der Waals surface area contributed by atoms with Crippen molar-refractivity contribution in [2.24, 2.45) is 0 Å². The average Bonchev–Trinajstić information content (AvgIpc) is 3.00. The SMILES string of the molecule is C#Cc1cccc2cc(O)cc(-c3cc4c5c(nc(OC)nc5c3)N3CC5CC(N5)C3CO4)c12. The number of hydrogen-bond donors (Lipinski definition) is 2. The lowest BCUT2D eigenvalue weighted by atomic mass is 9.84. The quantitative estimate of drug-likeness (QED) is 0.453. The van der Waals surface area contributed by atoms with Gasteiger partial charge < -0.3 is 24.8 Å². The molecular weight excluding hydrogens is 428 g/mol. The van der Waals surface area contributed by atoms with Crippen molar-refractivity contribution in [3.05, 3.63) is 48.0 Å². The highest BCUT2D eigenvalue weighted by atomic mass is 16.5. The predicted octanol–water partition coefficient (Wildman–Crippen LogP) is 3.46. The standard InChI is InChI=1S/C27H22N4O3/c1-3-14-5-4-6-15-7-18(32)11-19(24(14)15)16-8-21-25-23(9-16)34-13-22-20-10-17(28-20)12-31(22)26(25)30-27(29-21)33-2/h1,4-9,11,17,20,22,28,32H,10,12-13H2,2H3. The minimum absolute atomic E-state index is 0.174. The highest BCUT2D eigenvalue weighted by Crippen LogP contribution is 2.44. The lowest BCUT2D eigenvalue weighted by Crippen LogP contribution is -2.73. The largest absolute Gasteiger partial charge is 0.508 e. The molecule has 0 amide bonds. The Hall–Kier alpha value is -4.02. The summed E-state index contributed by atoms with van der Waals surface area (Å²) in [6.07, 6.45) is 6.99. The van der Waals surface area contributed by atoms with Crippen molar-refractivity contribution in [2.75, 3.05) is 25.2 Å². The fourth-order valence-electron chi connectivity index (χ4n) is 5.71. The van der Waals surface area contributed by atoms with Gasteiger partial charge >= 0.3 is 6.01 Å². The normalized spacial score (nSPS) is 22.4. The monoisotopic (exact) mass is 450 g/mol. The van der Waals surface area contributed by atoms with E-state index in [9.17, 15) is 5.11 Å². The lowest BCUT2D eigenvalue weighted by Gasteiger charge is -2.53. The van der Waals surface area contributed by atoms with Crippen molar-refractivity contribution in [2.45, 2.75) is 24.5 Å². The number of aromatic hydroxyl groups is 1. The lowest BCUT2D eigenvalue weighted by molar-refractivity contribution is 0.138. The summed E-state index contributed by atoms with van der Waals surface area (Å²) in [5, 5.41) is 16.8. The topological polar surface area (TPSA) is 79.7 Å². The van der Waals surface area contributed by atoms with Crippen molar-refractivity contribution in [1.29, 1.82) is 0 Å². The number of piperazine rings is 1. The van der Waals surface area contributed by atoms with Gasteiger partial charge in [0.05, 0.1) is 24.1 Å². The molecule has 0 saturated carbocycles. The van der Waals surface area contributed by atoms with E-state index in [2.05, 4.69) is 21.1 Å². The Morgan fingerprint density at radius 1 is 1.21 bits per heavy atom. The zero-order chi connectivity index (χ0) is 23.0. The van der Waals surface area contributed by atoms with Gasteiger partial charge in [-0.3, -0.25) is 0 Å². The van der Waals surface area contributed by atoms with Gasteiger partial charge in [0.25, 0.3) is 0 Å². The summed E-state index contributed by atoms with van der Waals surface area (Å²) >= 11 is 0. The van der Waals surface area contributed by atoms with E-state index in [0.717, 1.165) is 62.9 Å². The molecule has 3 atom stereocenters. The fourth-order valence-corrected chi connectivity index (χ4v) is 5.71. The number of aromatic nitrogens is 2. The zero-order valence-electron chi connectivity index (χ0n) is 18.6. The van der Waals surface area contributed by atoms with Gasteiger partial charge in [-0.2, -0.15) is 9.97 Å². The maximum Gasteiger partial charge on any atom is 0.318 e. The van der Waals surface area contributed by atoms with Gasteiger partial charge in [0.15, 0.2) is 0 Å². The van der Waals surface area contributed by atoms with Crippen LogP contribution in [-0.2, 0) is 0 Å². The van der Waals surface area contributed by atoms with E-state index >= 15 is 0 Å². The molecule has 2 bridgehead atoms. The number of methoxy groups -OCH3 is 1. The number of nitrogens with one attached hydrogen (secondary N) is 1. The molecule has 1 aromatic heterocycles. The third-order valence-corrected chi connectivity index (χ3v) is 7.29. The number of piperidine rings is 1. The van der Waals surface area contributed by atoms with Crippen molar-refractivity contribution in [1.82, 2.24) is 15.3 Å². The third-order valence-electron chi connectivity index (χ3n) is 7.29. The van der Waals surface area contributed by atoms with Gasteiger partial charge in [0.2, 0.25) is 0 Å². The molecular formula is C27H22N4O3. The van der Waals surface area contributed by atoms with Crippen molar-refractivity contribution >= 4 is 27.5 Å². The number of phenols is 1. The van der Waals surface area contributed by atoms with E-state index in [4.69, 9.17) is 20.9 Å². The summed E-state index contributed by atoms with van der Waals surface area (Å²) in [4.78, 5) is 11.8. The number of rotatable bonds is 2. The Balaban J connectivity index is 1.51. The number of phenolic OH excluding ortho intramolecular Hbond substituents is 1. The van der Waals surface area contributed by atoms with Crippen molar-refractivity contribution < 1.29 is 14.6 Å². The number of terminal acetylenes is 1. The van der Waals surface area contributed by atoms with Crippen LogP contribution in [-0.4, -0.2) is 53.5 Å². The first-order chi connectivity index (χ1) is 16.6. The first-order valence-corrected chi connectivity index (χ1v) is 11.4. The van der Waals surface area contributed by atoms with Crippen LogP contribution in [0.1, 0.15) is 12.0 Å². The molecule has 7 nitrogen and oxygen atoms in total. The third kappa shape index (κ3) is 2.69. The van der Waals surface area contributed by atoms with Crippen LogP contribution in [0, 0.1) is 12.3 Å². The second-order valence-electron chi connectivity index (χ2n) is 9.18. The van der Waals surface area contributed by atoms with Gasteiger partial charge in [0.1, 0.15) is 23.9 Å². The summed E-state index contributed by atoms with van der Waals surface area (Å²) in [6.45, 7) is 1.43. The molecule has 0 radical (unpaired) electrons. The predicted molar refractivity (Wildman–Crippen MR) is 131 cm³/mol.